The molecule has 0 radical (unpaired) electrons. The highest BCUT2D eigenvalue weighted by Crippen LogP contribution is 2.27. The Morgan fingerprint density at radius 3 is 2.30 bits per heavy atom. The summed E-state index contributed by atoms with van der Waals surface area (Å²) in [4.78, 5) is 1.55. The van der Waals surface area contributed by atoms with E-state index >= 15 is 0 Å². The summed E-state index contributed by atoms with van der Waals surface area (Å²) in [5.74, 6) is -1.44. The van der Waals surface area contributed by atoms with Crippen molar-refractivity contribution < 1.29 is 17.2 Å². The molecule has 1 atom stereocenters. The Hall–Kier alpha value is -1.06. The summed E-state index contributed by atoms with van der Waals surface area (Å²) in [6.45, 7) is -0.178. The summed E-state index contributed by atoms with van der Waals surface area (Å²) in [5.41, 5.74) is -0.176. The second-order valence-electron chi connectivity index (χ2n) is 5.03. The minimum atomic E-state index is -3.79. The molecular formula is C14H15ClF2N2O2S2. The van der Waals surface area contributed by atoms with Gasteiger partial charge in [0.15, 0.2) is 0 Å². The molecule has 0 amide bonds. The van der Waals surface area contributed by atoms with Crippen molar-refractivity contribution in [3.63, 3.8) is 0 Å². The summed E-state index contributed by atoms with van der Waals surface area (Å²) in [5, 5.41) is 0. The molecule has 1 N–H and O–H groups in total. The lowest BCUT2D eigenvalue weighted by atomic mass is 10.0. The Balaban J connectivity index is 2.25. The van der Waals surface area contributed by atoms with Gasteiger partial charge in [0.05, 0.1) is 10.4 Å². The van der Waals surface area contributed by atoms with E-state index < -0.39 is 27.7 Å². The Labute approximate surface area is 142 Å². The van der Waals surface area contributed by atoms with E-state index in [2.05, 4.69) is 4.72 Å². The van der Waals surface area contributed by atoms with Crippen LogP contribution in [0.5, 0.6) is 0 Å². The molecule has 9 heteroatoms. The summed E-state index contributed by atoms with van der Waals surface area (Å²) in [6, 6.07) is 5.61. The largest absolute Gasteiger partial charge is 0.301 e. The maximum absolute atomic E-state index is 13.9. The van der Waals surface area contributed by atoms with Gasteiger partial charge in [0.25, 0.3) is 0 Å². The van der Waals surface area contributed by atoms with Crippen LogP contribution < -0.4 is 4.72 Å². The maximum Gasteiger partial charge on any atom is 0.250 e. The van der Waals surface area contributed by atoms with E-state index in [0.717, 1.165) is 23.5 Å². The number of sulfonamides is 1. The van der Waals surface area contributed by atoms with Crippen LogP contribution in [0.1, 0.15) is 11.6 Å². The molecule has 2 rings (SSSR count). The number of nitrogens with zero attached hydrogens (tertiary/aromatic N) is 1. The molecular weight excluding hydrogens is 366 g/mol. The Bertz CT molecular complexity index is 774. The van der Waals surface area contributed by atoms with Gasteiger partial charge < -0.3 is 4.90 Å². The van der Waals surface area contributed by atoms with Gasteiger partial charge in [-0.25, -0.2) is 21.9 Å². The molecule has 1 heterocycles. The zero-order valence-electron chi connectivity index (χ0n) is 12.4. The number of benzene rings is 1. The third-order valence-electron chi connectivity index (χ3n) is 3.24. The monoisotopic (exact) mass is 380 g/mol. The first kappa shape index (κ1) is 18.3. The average Bonchev–Trinajstić information content (AvgIpc) is 2.89. The molecule has 0 spiro atoms. The van der Waals surface area contributed by atoms with Crippen molar-refractivity contribution in [3.05, 3.63) is 51.9 Å². The maximum atomic E-state index is 13.9. The molecule has 1 aromatic carbocycles. The average molecular weight is 381 g/mol. The first-order valence-corrected chi connectivity index (χ1v) is 9.25. The van der Waals surface area contributed by atoms with E-state index in [1.807, 2.05) is 0 Å². The van der Waals surface area contributed by atoms with Crippen LogP contribution in [0.3, 0.4) is 0 Å². The number of halogens is 3. The van der Waals surface area contributed by atoms with Gasteiger partial charge >= 0.3 is 0 Å². The number of hydrogen-bond donors (Lipinski definition) is 1. The minimum absolute atomic E-state index is 0.0500. The molecule has 0 fully saturated rings. The van der Waals surface area contributed by atoms with Crippen molar-refractivity contribution in [2.75, 3.05) is 20.6 Å². The highest BCUT2D eigenvalue weighted by Gasteiger charge is 2.25. The smallest absolute Gasteiger partial charge is 0.250 e. The predicted molar refractivity (Wildman–Crippen MR) is 87.3 cm³/mol. The molecule has 1 unspecified atom stereocenters. The van der Waals surface area contributed by atoms with Gasteiger partial charge in [-0.3, -0.25) is 0 Å². The third-order valence-corrected chi connectivity index (χ3v) is 6.38. The molecule has 0 aliphatic carbocycles. The second-order valence-corrected chi connectivity index (χ2v) is 8.73. The lowest BCUT2D eigenvalue weighted by Gasteiger charge is -2.25. The van der Waals surface area contributed by atoms with Gasteiger partial charge in [-0.05, 0) is 38.4 Å². The Morgan fingerprint density at radius 2 is 1.83 bits per heavy atom. The van der Waals surface area contributed by atoms with E-state index in [1.54, 1.807) is 19.0 Å². The Morgan fingerprint density at radius 1 is 1.22 bits per heavy atom. The van der Waals surface area contributed by atoms with E-state index in [4.69, 9.17) is 11.6 Å². The standard InChI is InChI=1S/C14H15ClF2N2O2S2/c1-19(2)11(14-9(16)4-3-5-10(14)17)8-18-23(20,21)13-7-6-12(15)22-13/h3-7,11,18H,8H2,1-2H3. The third kappa shape index (κ3) is 4.27. The number of hydrogen-bond acceptors (Lipinski definition) is 4. The highest BCUT2D eigenvalue weighted by molar-refractivity contribution is 7.91. The van der Waals surface area contributed by atoms with Crippen LogP contribution in [0.4, 0.5) is 8.78 Å². The lowest BCUT2D eigenvalue weighted by molar-refractivity contribution is 0.284. The first-order valence-electron chi connectivity index (χ1n) is 6.57. The van der Waals surface area contributed by atoms with Crippen molar-refractivity contribution in [1.29, 1.82) is 0 Å². The Kier molecular flexibility index (Phi) is 5.74. The van der Waals surface area contributed by atoms with E-state index in [9.17, 15) is 17.2 Å². The number of nitrogens with one attached hydrogen (secondary N) is 1. The minimum Gasteiger partial charge on any atom is -0.301 e. The lowest BCUT2D eigenvalue weighted by Crippen LogP contribution is -2.35. The SMILES string of the molecule is CN(C)C(CNS(=O)(=O)c1ccc(Cl)s1)c1c(F)cccc1F. The van der Waals surface area contributed by atoms with Gasteiger partial charge in [0.2, 0.25) is 10.0 Å². The van der Waals surface area contributed by atoms with Crippen molar-refractivity contribution in [3.8, 4) is 0 Å². The van der Waals surface area contributed by atoms with Crippen LogP contribution in [0.15, 0.2) is 34.5 Å². The van der Waals surface area contributed by atoms with Crippen LogP contribution in [0, 0.1) is 11.6 Å². The fourth-order valence-corrected chi connectivity index (χ4v) is 4.64. The molecule has 1 aromatic heterocycles. The number of thiophene rings is 1. The predicted octanol–water partition coefficient (Wildman–Crippen LogP) is 3.26. The zero-order chi connectivity index (χ0) is 17.2. The summed E-state index contributed by atoms with van der Waals surface area (Å²) in [6.07, 6.45) is 0. The van der Waals surface area contributed by atoms with Crippen LogP contribution in [-0.4, -0.2) is 34.0 Å². The fourth-order valence-electron chi connectivity index (χ4n) is 2.07. The first-order chi connectivity index (χ1) is 10.7. The zero-order valence-corrected chi connectivity index (χ0v) is 14.8. The van der Waals surface area contributed by atoms with Gasteiger partial charge in [-0.2, -0.15) is 0 Å². The summed E-state index contributed by atoms with van der Waals surface area (Å²) >= 11 is 6.65. The molecule has 2 aromatic rings. The highest BCUT2D eigenvalue weighted by atomic mass is 35.5. The van der Waals surface area contributed by atoms with Gasteiger partial charge in [0, 0.05) is 12.1 Å². The van der Waals surface area contributed by atoms with E-state index in [0.29, 0.717) is 4.34 Å². The van der Waals surface area contributed by atoms with Gasteiger partial charge in [-0.15, -0.1) is 11.3 Å². The van der Waals surface area contributed by atoms with Crippen molar-refractivity contribution in [2.24, 2.45) is 0 Å². The molecule has 23 heavy (non-hydrogen) atoms. The van der Waals surface area contributed by atoms with Crippen LogP contribution in [-0.2, 0) is 10.0 Å². The van der Waals surface area contributed by atoms with E-state index in [1.165, 1.54) is 18.2 Å². The fraction of sp³-hybridized carbons (Fsp3) is 0.286. The molecule has 0 aliphatic heterocycles. The van der Waals surface area contributed by atoms with Crippen LogP contribution >= 0.6 is 22.9 Å². The van der Waals surface area contributed by atoms with Crippen LogP contribution in [0.2, 0.25) is 4.34 Å². The molecule has 0 saturated carbocycles. The van der Waals surface area contributed by atoms with Gasteiger partial charge in [-0.1, -0.05) is 17.7 Å². The van der Waals surface area contributed by atoms with E-state index in [-0.39, 0.29) is 16.3 Å². The molecule has 0 saturated heterocycles. The number of likely N-dealkylation sites (N-methyl/N-ethyl adjacent to an activating group) is 1. The molecule has 0 bridgehead atoms. The second kappa shape index (κ2) is 7.23. The molecule has 126 valence electrons. The topological polar surface area (TPSA) is 49.4 Å². The van der Waals surface area contributed by atoms with Crippen LogP contribution in [0.25, 0.3) is 0 Å². The number of rotatable bonds is 6. The summed E-state index contributed by atoms with van der Waals surface area (Å²) in [7, 11) is -0.553. The summed E-state index contributed by atoms with van der Waals surface area (Å²) < 4.78 is 55.1. The normalized spacial score (nSPS) is 13.5. The van der Waals surface area contributed by atoms with Gasteiger partial charge in [0.1, 0.15) is 15.8 Å². The van der Waals surface area contributed by atoms with Crippen molar-refractivity contribution in [2.45, 2.75) is 10.3 Å². The molecule has 0 aliphatic rings. The van der Waals surface area contributed by atoms with Crippen molar-refractivity contribution >= 4 is 33.0 Å². The molecule has 4 nitrogen and oxygen atoms in total. The quantitative estimate of drug-likeness (QED) is 0.836. The van der Waals surface area contributed by atoms with Crippen molar-refractivity contribution in [1.82, 2.24) is 9.62 Å².